The van der Waals surface area contributed by atoms with Gasteiger partial charge in [-0.3, -0.25) is 0 Å². The van der Waals surface area contributed by atoms with Crippen LogP contribution in [0, 0.1) is 0 Å². The van der Waals surface area contributed by atoms with Crippen LogP contribution in [0.2, 0.25) is 0 Å². The molecule has 0 aliphatic carbocycles. The first kappa shape index (κ1) is 13.5. The zero-order valence-electron chi connectivity index (χ0n) is 9.81. The number of benzene rings is 1. The number of nitrogens with zero attached hydrogens (tertiary/aromatic N) is 1. The summed E-state index contributed by atoms with van der Waals surface area (Å²) in [5.74, 6) is -1.90. The van der Waals surface area contributed by atoms with Gasteiger partial charge < -0.3 is 15.1 Å². The maximum atomic E-state index is 12.5. The Morgan fingerprint density at radius 1 is 1.37 bits per heavy atom. The van der Waals surface area contributed by atoms with E-state index in [2.05, 4.69) is 0 Å². The number of hydrogen-bond donors (Lipinski definition) is 2. The molecule has 1 fully saturated rings. The van der Waals surface area contributed by atoms with Crippen molar-refractivity contribution in [3.05, 3.63) is 23.8 Å². The van der Waals surface area contributed by atoms with Crippen LogP contribution in [0.4, 0.5) is 18.9 Å². The Labute approximate surface area is 107 Å². The number of halogens is 3. The summed E-state index contributed by atoms with van der Waals surface area (Å²) < 4.78 is 37.5. The second-order valence-corrected chi connectivity index (χ2v) is 4.39. The quantitative estimate of drug-likeness (QED) is 0.870. The third-order valence-electron chi connectivity index (χ3n) is 3.16. The Bertz CT molecular complexity index is 501. The van der Waals surface area contributed by atoms with Crippen LogP contribution in [-0.2, 0) is 11.0 Å². The summed E-state index contributed by atoms with van der Waals surface area (Å²) in [4.78, 5) is 12.5. The first-order valence-corrected chi connectivity index (χ1v) is 5.70. The Morgan fingerprint density at radius 3 is 2.58 bits per heavy atom. The number of carboxylic acids is 1. The number of hydrogen-bond acceptors (Lipinski definition) is 3. The fourth-order valence-corrected chi connectivity index (χ4v) is 2.27. The van der Waals surface area contributed by atoms with E-state index < -0.39 is 29.5 Å². The SMILES string of the molecule is O=C(O)C1CCCN1c1ccc(C(F)(F)F)c(O)c1. The third kappa shape index (κ3) is 2.59. The number of rotatable bonds is 2. The maximum Gasteiger partial charge on any atom is 0.419 e. The Hall–Kier alpha value is -1.92. The molecule has 19 heavy (non-hydrogen) atoms. The minimum Gasteiger partial charge on any atom is -0.507 e. The van der Waals surface area contributed by atoms with Crippen molar-refractivity contribution in [2.45, 2.75) is 25.1 Å². The normalized spacial score (nSPS) is 19.7. The van der Waals surface area contributed by atoms with Gasteiger partial charge in [0.1, 0.15) is 11.8 Å². The average molecular weight is 275 g/mol. The van der Waals surface area contributed by atoms with Gasteiger partial charge in [-0.25, -0.2) is 4.79 Å². The van der Waals surface area contributed by atoms with Crippen molar-refractivity contribution >= 4 is 11.7 Å². The molecule has 1 unspecified atom stereocenters. The molecule has 2 N–H and O–H groups in total. The number of phenolic OH excluding ortho intramolecular Hbond substituents is 1. The molecular formula is C12H12F3NO3. The Morgan fingerprint density at radius 2 is 2.05 bits per heavy atom. The Kier molecular flexibility index (Phi) is 3.30. The summed E-state index contributed by atoms with van der Waals surface area (Å²) in [5, 5.41) is 18.4. The van der Waals surface area contributed by atoms with Gasteiger partial charge in [-0.05, 0) is 25.0 Å². The van der Waals surface area contributed by atoms with E-state index in [0.717, 1.165) is 12.1 Å². The van der Waals surface area contributed by atoms with Crippen LogP contribution in [0.3, 0.4) is 0 Å². The van der Waals surface area contributed by atoms with Crippen molar-refractivity contribution in [2.24, 2.45) is 0 Å². The molecule has 1 atom stereocenters. The first-order chi connectivity index (χ1) is 8.80. The van der Waals surface area contributed by atoms with Crippen LogP contribution in [0.1, 0.15) is 18.4 Å². The monoisotopic (exact) mass is 275 g/mol. The highest BCUT2D eigenvalue weighted by molar-refractivity contribution is 5.79. The van der Waals surface area contributed by atoms with Crippen molar-refractivity contribution in [3.8, 4) is 5.75 Å². The van der Waals surface area contributed by atoms with Crippen LogP contribution in [-0.4, -0.2) is 28.8 Å². The maximum absolute atomic E-state index is 12.5. The third-order valence-corrected chi connectivity index (χ3v) is 3.16. The van der Waals surface area contributed by atoms with Crippen LogP contribution in [0.25, 0.3) is 0 Å². The summed E-state index contributed by atoms with van der Waals surface area (Å²) >= 11 is 0. The minimum absolute atomic E-state index is 0.287. The average Bonchev–Trinajstić information content (AvgIpc) is 2.75. The van der Waals surface area contributed by atoms with Crippen LogP contribution < -0.4 is 4.90 Å². The van der Waals surface area contributed by atoms with Gasteiger partial charge in [-0.1, -0.05) is 0 Å². The molecule has 1 heterocycles. The van der Waals surface area contributed by atoms with Crippen LogP contribution >= 0.6 is 0 Å². The molecule has 1 saturated heterocycles. The number of carboxylic acid groups (broad SMARTS) is 1. The lowest BCUT2D eigenvalue weighted by molar-refractivity contribution is -0.139. The first-order valence-electron chi connectivity index (χ1n) is 5.70. The van der Waals surface area contributed by atoms with E-state index >= 15 is 0 Å². The van der Waals surface area contributed by atoms with Gasteiger partial charge in [-0.15, -0.1) is 0 Å². The molecule has 0 aromatic heterocycles. The van der Waals surface area contributed by atoms with E-state index in [-0.39, 0.29) is 5.69 Å². The zero-order valence-corrected chi connectivity index (χ0v) is 9.81. The predicted octanol–water partition coefficient (Wildman–Crippen LogP) is 2.46. The molecule has 0 spiro atoms. The minimum atomic E-state index is -4.63. The fraction of sp³-hybridized carbons (Fsp3) is 0.417. The lowest BCUT2D eigenvalue weighted by Crippen LogP contribution is -2.35. The lowest BCUT2D eigenvalue weighted by atomic mass is 10.1. The second kappa shape index (κ2) is 4.64. The molecule has 1 aliphatic heterocycles. The summed E-state index contributed by atoms with van der Waals surface area (Å²) in [6, 6.07) is 2.16. The van der Waals surface area contributed by atoms with E-state index in [0.29, 0.717) is 19.4 Å². The molecule has 7 heteroatoms. The number of aromatic hydroxyl groups is 1. The van der Waals surface area contributed by atoms with Gasteiger partial charge in [0.2, 0.25) is 0 Å². The van der Waals surface area contributed by atoms with E-state index in [9.17, 15) is 23.1 Å². The molecule has 1 aromatic rings. The molecule has 0 amide bonds. The molecule has 1 aromatic carbocycles. The Balaban J connectivity index is 2.32. The van der Waals surface area contributed by atoms with E-state index in [4.69, 9.17) is 5.11 Å². The van der Waals surface area contributed by atoms with Gasteiger partial charge in [-0.2, -0.15) is 13.2 Å². The van der Waals surface area contributed by atoms with Crippen molar-refractivity contribution in [2.75, 3.05) is 11.4 Å². The zero-order chi connectivity index (χ0) is 14.2. The molecular weight excluding hydrogens is 263 g/mol. The van der Waals surface area contributed by atoms with E-state index in [1.807, 2.05) is 0 Å². The summed E-state index contributed by atoms with van der Waals surface area (Å²) in [7, 11) is 0. The second-order valence-electron chi connectivity index (χ2n) is 4.39. The highest BCUT2D eigenvalue weighted by atomic mass is 19.4. The number of carbonyl (C=O) groups is 1. The van der Waals surface area contributed by atoms with Crippen LogP contribution in [0.5, 0.6) is 5.75 Å². The molecule has 4 nitrogen and oxygen atoms in total. The fourth-order valence-electron chi connectivity index (χ4n) is 2.27. The number of alkyl halides is 3. The lowest BCUT2D eigenvalue weighted by Gasteiger charge is -2.24. The van der Waals surface area contributed by atoms with Gasteiger partial charge in [0.05, 0.1) is 5.56 Å². The predicted molar refractivity (Wildman–Crippen MR) is 61.1 cm³/mol. The summed E-state index contributed by atoms with van der Waals surface area (Å²) in [5.41, 5.74) is -0.835. The van der Waals surface area contributed by atoms with Crippen molar-refractivity contribution < 1.29 is 28.2 Å². The van der Waals surface area contributed by atoms with Crippen molar-refractivity contribution in [3.63, 3.8) is 0 Å². The summed E-state index contributed by atoms with van der Waals surface area (Å²) in [6.45, 7) is 0.446. The van der Waals surface area contributed by atoms with Gasteiger partial charge in [0.25, 0.3) is 0 Å². The molecule has 0 saturated carbocycles. The molecule has 1 aliphatic rings. The number of aliphatic carboxylic acids is 1. The highest BCUT2D eigenvalue weighted by Crippen LogP contribution is 2.38. The number of phenols is 1. The molecule has 0 bridgehead atoms. The molecule has 0 radical (unpaired) electrons. The van der Waals surface area contributed by atoms with Gasteiger partial charge in [0.15, 0.2) is 0 Å². The largest absolute Gasteiger partial charge is 0.507 e. The smallest absolute Gasteiger partial charge is 0.419 e. The molecule has 2 rings (SSSR count). The molecule has 104 valence electrons. The van der Waals surface area contributed by atoms with Gasteiger partial charge >= 0.3 is 12.1 Å². The number of anilines is 1. The van der Waals surface area contributed by atoms with Gasteiger partial charge in [0, 0.05) is 18.3 Å². The van der Waals surface area contributed by atoms with Crippen LogP contribution in [0.15, 0.2) is 18.2 Å². The van der Waals surface area contributed by atoms with E-state index in [1.165, 1.54) is 11.0 Å². The summed E-state index contributed by atoms with van der Waals surface area (Å²) in [6.07, 6.45) is -3.53. The van der Waals surface area contributed by atoms with E-state index in [1.54, 1.807) is 0 Å². The topological polar surface area (TPSA) is 60.8 Å². The standard InChI is InChI=1S/C12H12F3NO3/c13-12(14,15)8-4-3-7(6-10(8)17)16-5-1-2-9(16)11(18)19/h3-4,6,9,17H,1-2,5H2,(H,18,19). The highest BCUT2D eigenvalue weighted by Gasteiger charge is 2.35. The van der Waals surface area contributed by atoms with Crippen molar-refractivity contribution in [1.82, 2.24) is 0 Å². The van der Waals surface area contributed by atoms with Crippen molar-refractivity contribution in [1.29, 1.82) is 0 Å².